The van der Waals surface area contributed by atoms with Crippen molar-refractivity contribution in [1.82, 2.24) is 4.90 Å². The Bertz CT molecular complexity index is 1120. The number of nitrogens with zero attached hydrogens (tertiary/aromatic N) is 2. The van der Waals surface area contributed by atoms with E-state index >= 15 is 0 Å². The maximum Gasteiger partial charge on any atom is 0.301 e. The van der Waals surface area contributed by atoms with E-state index in [1.54, 1.807) is 19.1 Å². The predicted molar refractivity (Wildman–Crippen MR) is 130 cm³/mol. The van der Waals surface area contributed by atoms with E-state index in [0.29, 0.717) is 21.9 Å². The molecule has 0 radical (unpaired) electrons. The van der Waals surface area contributed by atoms with Crippen LogP contribution in [-0.2, 0) is 9.59 Å². The number of thioether (sulfide) groups is 1. The van der Waals surface area contributed by atoms with Crippen molar-refractivity contribution < 1.29 is 14.7 Å². The number of carbonyl (C=O) groups is 2. The molecule has 3 N–H and O–H groups in total. The monoisotopic (exact) mass is 449 g/mol. The van der Waals surface area contributed by atoms with E-state index < -0.39 is 17.7 Å². The van der Waals surface area contributed by atoms with Crippen LogP contribution in [0.2, 0.25) is 0 Å². The molecule has 32 heavy (non-hydrogen) atoms. The van der Waals surface area contributed by atoms with Crippen molar-refractivity contribution in [3.8, 4) is 0 Å². The molecular weight excluding hydrogens is 422 g/mol. The van der Waals surface area contributed by atoms with E-state index in [-0.39, 0.29) is 16.5 Å². The van der Waals surface area contributed by atoms with Crippen LogP contribution < -0.4 is 5.84 Å². The smallest absolute Gasteiger partial charge is 0.301 e. The molecule has 0 spiro atoms. The van der Waals surface area contributed by atoms with Crippen LogP contribution in [0.25, 0.3) is 5.76 Å². The van der Waals surface area contributed by atoms with Crippen LogP contribution in [0.3, 0.4) is 0 Å². The van der Waals surface area contributed by atoms with Gasteiger partial charge in [0.25, 0.3) is 5.78 Å². The fourth-order valence-corrected chi connectivity index (χ4v) is 4.22. The number of ketones is 1. The molecular formula is C25H27N3O3S. The van der Waals surface area contributed by atoms with Gasteiger partial charge in [-0.05, 0) is 35.8 Å². The van der Waals surface area contributed by atoms with Gasteiger partial charge in [-0.1, -0.05) is 86.3 Å². The highest BCUT2D eigenvalue weighted by atomic mass is 32.2. The second-order valence-corrected chi connectivity index (χ2v) is 9.34. The Kier molecular flexibility index (Phi) is 6.89. The fourth-order valence-electron chi connectivity index (χ4n) is 3.57. The zero-order chi connectivity index (χ0) is 23.6. The van der Waals surface area contributed by atoms with Gasteiger partial charge in [0.15, 0.2) is 5.17 Å². The number of allylic oxidation sites excluding steroid dienone is 1. The molecule has 6 nitrogen and oxygen atoms in total. The number of aryl methyl sites for hydroxylation is 1. The van der Waals surface area contributed by atoms with Gasteiger partial charge in [0.1, 0.15) is 5.76 Å². The maximum atomic E-state index is 13.1. The summed E-state index contributed by atoms with van der Waals surface area (Å²) in [5.74, 6) is 4.11. The minimum absolute atomic E-state index is 0.000356. The lowest BCUT2D eigenvalue weighted by Gasteiger charge is -2.26. The van der Waals surface area contributed by atoms with Crippen LogP contribution in [0.5, 0.6) is 0 Å². The summed E-state index contributed by atoms with van der Waals surface area (Å²) >= 11 is 1.10. The molecule has 1 amide bonds. The second-order valence-electron chi connectivity index (χ2n) is 8.07. The minimum Gasteiger partial charge on any atom is -0.507 e. The van der Waals surface area contributed by atoms with Crippen molar-refractivity contribution in [2.24, 2.45) is 10.9 Å². The first-order valence-corrected chi connectivity index (χ1v) is 11.1. The number of hydrogen-bond acceptors (Lipinski definition) is 6. The summed E-state index contributed by atoms with van der Waals surface area (Å²) < 4.78 is 0. The van der Waals surface area contributed by atoms with Crippen LogP contribution in [0.4, 0.5) is 0 Å². The Balaban J connectivity index is 2.23. The average molecular weight is 450 g/mol. The highest BCUT2D eigenvalue weighted by Crippen LogP contribution is 2.41. The number of amidine groups is 1. The zero-order valence-corrected chi connectivity index (χ0v) is 19.4. The Morgan fingerprint density at radius 1 is 1.12 bits per heavy atom. The van der Waals surface area contributed by atoms with Gasteiger partial charge in [-0.3, -0.25) is 14.5 Å². The molecule has 2 aromatic rings. The van der Waals surface area contributed by atoms with Crippen LogP contribution in [-0.4, -0.2) is 26.9 Å². The quantitative estimate of drug-likeness (QED) is 0.130. The van der Waals surface area contributed by atoms with Crippen molar-refractivity contribution >= 4 is 34.4 Å². The number of nitrogens with two attached hydrogens (primary N) is 1. The summed E-state index contributed by atoms with van der Waals surface area (Å²) in [7, 11) is 0. The normalized spacial score (nSPS) is 18.5. The fraction of sp³-hybridized carbons (Fsp3) is 0.240. The molecule has 0 aliphatic carbocycles. The highest BCUT2D eigenvalue weighted by Gasteiger charge is 2.48. The van der Waals surface area contributed by atoms with Crippen molar-refractivity contribution in [3.63, 3.8) is 0 Å². The molecule has 3 rings (SSSR count). The van der Waals surface area contributed by atoms with Crippen LogP contribution in [0, 0.1) is 6.92 Å². The highest BCUT2D eigenvalue weighted by molar-refractivity contribution is 8.17. The van der Waals surface area contributed by atoms with Gasteiger partial charge in [-0.15, -0.1) is 0 Å². The molecule has 1 saturated heterocycles. The van der Waals surface area contributed by atoms with Gasteiger partial charge in [-0.25, -0.2) is 0 Å². The van der Waals surface area contributed by atoms with Crippen molar-refractivity contribution in [1.29, 1.82) is 0 Å². The number of aliphatic hydroxyl groups excluding tert-OH is 1. The van der Waals surface area contributed by atoms with Gasteiger partial charge in [0, 0.05) is 5.56 Å². The SMILES string of the molecule is C=C(C)S/C(=N\N)N1C(=O)C(=O)C(=C(O)c2ccc(C)cc2)C1c1ccc(C(C)C)cc1. The molecule has 1 atom stereocenters. The number of benzene rings is 2. The number of rotatable bonds is 4. The number of aliphatic hydroxyl groups is 1. The summed E-state index contributed by atoms with van der Waals surface area (Å²) in [5.41, 5.74) is 3.26. The van der Waals surface area contributed by atoms with Gasteiger partial charge in [0.2, 0.25) is 0 Å². The van der Waals surface area contributed by atoms with Crippen molar-refractivity contribution in [2.45, 2.75) is 39.7 Å². The summed E-state index contributed by atoms with van der Waals surface area (Å²) in [5, 5.41) is 15.0. The number of Topliss-reactive ketones (excluding diaryl/α,β-unsaturated/α-hetero) is 1. The molecule has 0 saturated carbocycles. The van der Waals surface area contributed by atoms with Crippen LogP contribution in [0.1, 0.15) is 55.0 Å². The zero-order valence-electron chi connectivity index (χ0n) is 18.6. The largest absolute Gasteiger partial charge is 0.507 e. The number of hydrazone groups is 1. The minimum atomic E-state index is -0.869. The van der Waals surface area contributed by atoms with Gasteiger partial charge in [-0.2, -0.15) is 5.10 Å². The molecule has 166 valence electrons. The third kappa shape index (κ3) is 4.48. The average Bonchev–Trinajstić information content (AvgIpc) is 3.02. The summed E-state index contributed by atoms with van der Waals surface area (Å²) in [4.78, 5) is 28.1. The Labute approximate surface area is 192 Å². The predicted octanol–water partition coefficient (Wildman–Crippen LogP) is 5.04. The van der Waals surface area contributed by atoms with Gasteiger partial charge >= 0.3 is 5.91 Å². The molecule has 1 heterocycles. The van der Waals surface area contributed by atoms with E-state index in [1.807, 2.05) is 43.3 Å². The van der Waals surface area contributed by atoms with Crippen molar-refractivity contribution in [2.75, 3.05) is 0 Å². The summed E-state index contributed by atoms with van der Waals surface area (Å²) in [6, 6.07) is 13.9. The molecule has 0 aromatic heterocycles. The Morgan fingerprint density at radius 2 is 1.72 bits per heavy atom. The maximum absolute atomic E-state index is 13.1. The molecule has 7 heteroatoms. The third-order valence-corrected chi connectivity index (χ3v) is 6.10. The molecule has 2 aromatic carbocycles. The number of carbonyl (C=O) groups excluding carboxylic acids is 2. The lowest BCUT2D eigenvalue weighted by molar-refractivity contribution is -0.137. The third-order valence-electron chi connectivity index (χ3n) is 5.27. The lowest BCUT2D eigenvalue weighted by atomic mass is 9.93. The molecule has 1 aliphatic heterocycles. The van der Waals surface area contributed by atoms with Crippen LogP contribution in [0.15, 0.2) is 70.7 Å². The topological polar surface area (TPSA) is 96.0 Å². The molecule has 0 bridgehead atoms. The summed E-state index contributed by atoms with van der Waals surface area (Å²) in [6.07, 6.45) is 0. The van der Waals surface area contributed by atoms with E-state index in [1.165, 1.54) is 4.90 Å². The molecule has 1 unspecified atom stereocenters. The van der Waals surface area contributed by atoms with Crippen molar-refractivity contribution in [3.05, 3.63) is 87.8 Å². The van der Waals surface area contributed by atoms with Gasteiger partial charge in [0.05, 0.1) is 11.6 Å². The van der Waals surface area contributed by atoms with E-state index in [9.17, 15) is 14.7 Å². The number of amides is 1. The van der Waals surface area contributed by atoms with E-state index in [0.717, 1.165) is 22.9 Å². The lowest BCUT2D eigenvalue weighted by Crippen LogP contribution is -2.34. The Morgan fingerprint density at radius 3 is 2.22 bits per heavy atom. The standard InChI is InChI=1S/C25H27N3O3S/c1-14(2)17-10-12-18(13-11-17)21-20(22(29)19-8-6-16(5)7-9-19)23(30)24(31)28(21)25(27-26)32-15(3)4/h6-14,21,29H,3,26H2,1-2,4-5H3/b22-20?,27-25-. The second kappa shape index (κ2) is 9.44. The number of hydrogen-bond donors (Lipinski definition) is 2. The first kappa shape index (κ1) is 23.3. The molecule has 1 fully saturated rings. The van der Waals surface area contributed by atoms with Crippen LogP contribution >= 0.6 is 11.8 Å². The summed E-state index contributed by atoms with van der Waals surface area (Å²) in [6.45, 7) is 11.7. The molecule has 1 aliphatic rings. The Hall–Kier alpha value is -3.32. The van der Waals surface area contributed by atoms with E-state index in [4.69, 9.17) is 5.84 Å². The number of likely N-dealkylation sites (tertiary alicyclic amines) is 1. The van der Waals surface area contributed by atoms with Gasteiger partial charge < -0.3 is 10.9 Å². The van der Waals surface area contributed by atoms with E-state index in [2.05, 4.69) is 25.5 Å². The first-order chi connectivity index (χ1) is 15.1. The first-order valence-electron chi connectivity index (χ1n) is 10.2.